The molecule has 0 aliphatic heterocycles. The van der Waals surface area contributed by atoms with Crippen LogP contribution in [0.3, 0.4) is 0 Å². The number of rotatable bonds is 18. The molecule has 0 heterocycles. The van der Waals surface area contributed by atoms with Crippen LogP contribution in [0.1, 0.15) is 27.7 Å². The smallest absolute Gasteiger partial charge is 0.338 e. The largest absolute Gasteiger partial charge is 0.467 e. The Morgan fingerprint density at radius 2 is 0.833 bits per heavy atom. The van der Waals surface area contributed by atoms with Crippen LogP contribution in [0.4, 0.5) is 0 Å². The van der Waals surface area contributed by atoms with E-state index in [4.69, 9.17) is 29.2 Å². The molecule has 0 aliphatic rings. The summed E-state index contributed by atoms with van der Waals surface area (Å²) in [4.78, 5) is 23.5. The van der Waals surface area contributed by atoms with Crippen molar-refractivity contribution >= 4 is 11.9 Å². The molecule has 0 aromatic heterocycles. The first-order chi connectivity index (χ1) is 16.8. The third-order valence-corrected chi connectivity index (χ3v) is 4.02. The second kappa shape index (κ2) is 20.8. The van der Waals surface area contributed by atoms with E-state index in [0.29, 0.717) is 24.4 Å². The lowest BCUT2D eigenvalue weighted by molar-refractivity contribution is -0.178. The second-order valence-corrected chi connectivity index (χ2v) is 8.40. The zero-order valence-electron chi connectivity index (χ0n) is 22.5. The van der Waals surface area contributed by atoms with Gasteiger partial charge in [0.25, 0.3) is 0 Å². The number of methoxy groups -OCH3 is 2. The lowest BCUT2D eigenvalue weighted by atomic mass is 10.2. The minimum absolute atomic E-state index is 0.101. The molecule has 0 spiro atoms. The summed E-state index contributed by atoms with van der Waals surface area (Å²) >= 11 is 0. The highest BCUT2D eigenvalue weighted by Crippen LogP contribution is 2.12. The lowest BCUT2D eigenvalue weighted by Crippen LogP contribution is -2.45. The molecule has 36 heavy (non-hydrogen) atoms. The van der Waals surface area contributed by atoms with Gasteiger partial charge in [0.15, 0.2) is 12.2 Å². The molecule has 0 bridgehead atoms. The van der Waals surface area contributed by atoms with Crippen LogP contribution in [-0.4, -0.2) is 100 Å². The minimum Gasteiger partial charge on any atom is -0.467 e. The predicted molar refractivity (Wildman–Crippen MR) is 136 cm³/mol. The van der Waals surface area contributed by atoms with Gasteiger partial charge >= 0.3 is 11.9 Å². The minimum atomic E-state index is -1.22. The van der Waals surface area contributed by atoms with Gasteiger partial charge in [-0.25, -0.2) is 9.59 Å². The van der Waals surface area contributed by atoms with Crippen LogP contribution in [0.15, 0.2) is 48.6 Å². The molecule has 0 fully saturated rings. The summed E-state index contributed by atoms with van der Waals surface area (Å²) in [6.07, 6.45) is -3.52. The van der Waals surface area contributed by atoms with E-state index in [1.54, 1.807) is 13.8 Å². The Morgan fingerprint density at radius 1 is 0.583 bits per heavy atom. The summed E-state index contributed by atoms with van der Waals surface area (Å²) in [5.74, 6) is -1.44. The number of esters is 2. The highest BCUT2D eigenvalue weighted by molar-refractivity contribution is 5.85. The summed E-state index contributed by atoms with van der Waals surface area (Å²) in [7, 11) is 2.40. The summed E-state index contributed by atoms with van der Waals surface area (Å²) in [5, 5.41) is 18.3. The first-order valence-corrected chi connectivity index (χ1v) is 11.3. The number of aliphatic hydroxyl groups is 2. The van der Waals surface area contributed by atoms with Gasteiger partial charge in [0, 0.05) is 0 Å². The maximum atomic E-state index is 11.7. The molecule has 0 saturated heterocycles. The molecule has 0 unspecified atom stereocenters. The summed E-state index contributed by atoms with van der Waals surface area (Å²) in [6.45, 7) is 22.3. The van der Waals surface area contributed by atoms with Crippen LogP contribution >= 0.6 is 0 Å². The van der Waals surface area contributed by atoms with E-state index in [9.17, 15) is 9.59 Å². The average molecular weight is 517 g/mol. The maximum absolute atomic E-state index is 11.7. The molecule has 0 radical (unpaired) electrons. The zero-order valence-corrected chi connectivity index (χ0v) is 22.5. The van der Waals surface area contributed by atoms with Crippen molar-refractivity contribution in [3.8, 4) is 0 Å². The number of carbonyl (C=O) groups is 2. The molecule has 208 valence electrons. The summed E-state index contributed by atoms with van der Waals surface area (Å²) in [6, 6.07) is 0. The van der Waals surface area contributed by atoms with Gasteiger partial charge in [-0.2, -0.15) is 0 Å². The quantitative estimate of drug-likeness (QED) is 0.206. The number of hydrogen-bond acceptors (Lipinski definition) is 10. The van der Waals surface area contributed by atoms with Crippen LogP contribution in [0.5, 0.6) is 0 Å². The summed E-state index contributed by atoms with van der Waals surface area (Å²) < 4.78 is 30.7. The monoisotopic (exact) mass is 516 g/mol. The van der Waals surface area contributed by atoms with Crippen LogP contribution < -0.4 is 0 Å². The Labute approximate surface area is 215 Å². The molecular formula is C26H44O10. The van der Waals surface area contributed by atoms with E-state index in [0.717, 1.165) is 11.1 Å². The molecule has 4 atom stereocenters. The number of carbonyl (C=O) groups excluding carboxylic acids is 2. The van der Waals surface area contributed by atoms with E-state index >= 15 is 0 Å². The Morgan fingerprint density at radius 3 is 1.03 bits per heavy atom. The molecule has 10 nitrogen and oxygen atoms in total. The Balaban J connectivity index is 0. The highest BCUT2D eigenvalue weighted by atomic mass is 16.6. The second-order valence-electron chi connectivity index (χ2n) is 8.40. The molecule has 0 saturated carbocycles. The fourth-order valence-corrected chi connectivity index (χ4v) is 2.31. The number of ether oxygens (including phenoxy) is 6. The highest BCUT2D eigenvalue weighted by Gasteiger charge is 2.37. The van der Waals surface area contributed by atoms with Crippen molar-refractivity contribution in [2.75, 3.05) is 53.9 Å². The van der Waals surface area contributed by atoms with E-state index in [1.165, 1.54) is 14.2 Å². The SMILES string of the molecule is C=C(C)CO[C@@H](C(=O)OC)[C@@H](OCC(=C)C)C(=O)OC.C=C(C)CO[C@@H](CO)[C@H](CO)OCC(=C)C. The normalized spacial score (nSPS) is 13.8. The first kappa shape index (κ1) is 35.8. The summed E-state index contributed by atoms with van der Waals surface area (Å²) in [5.41, 5.74) is 3.11. The molecule has 0 aliphatic carbocycles. The van der Waals surface area contributed by atoms with Gasteiger partial charge in [-0.05, 0) is 27.7 Å². The standard InChI is InChI=1S/C14H22O6.C12H22O4/c1-9(2)7-19-11(13(15)17-5)12(14(16)18-6)20-8-10(3)4;1-9(2)7-15-11(5-13)12(6-14)16-8-10(3)4/h11-12H,1,3,7-8H2,2,4-6H3;11-14H,1,3,5-8H2,2,4H3/t2*11-,12-/m10/s1. The third kappa shape index (κ3) is 17.1. The van der Waals surface area contributed by atoms with Gasteiger partial charge in [-0.1, -0.05) is 48.6 Å². The predicted octanol–water partition coefficient (Wildman–Crippen LogP) is 2.15. The van der Waals surface area contributed by atoms with Crippen molar-refractivity contribution in [2.45, 2.75) is 52.1 Å². The average Bonchev–Trinajstić information content (AvgIpc) is 2.81. The Hall–Kier alpha value is -2.34. The Bertz CT molecular complexity index is 656. The van der Waals surface area contributed by atoms with Crippen molar-refractivity contribution in [3.05, 3.63) is 48.6 Å². The van der Waals surface area contributed by atoms with Gasteiger partial charge in [0.2, 0.25) is 0 Å². The van der Waals surface area contributed by atoms with Crippen molar-refractivity contribution in [1.29, 1.82) is 0 Å². The van der Waals surface area contributed by atoms with Crippen LogP contribution in [-0.2, 0) is 38.0 Å². The van der Waals surface area contributed by atoms with Crippen LogP contribution in [0.2, 0.25) is 0 Å². The fraction of sp³-hybridized carbons (Fsp3) is 0.615. The molecule has 2 N–H and O–H groups in total. The van der Waals surface area contributed by atoms with E-state index in [-0.39, 0.29) is 26.4 Å². The zero-order chi connectivity index (χ0) is 28.3. The van der Waals surface area contributed by atoms with Gasteiger partial charge in [0.05, 0.1) is 53.9 Å². The lowest BCUT2D eigenvalue weighted by Gasteiger charge is -2.24. The van der Waals surface area contributed by atoms with E-state index in [2.05, 4.69) is 35.8 Å². The van der Waals surface area contributed by atoms with Gasteiger partial charge < -0.3 is 38.6 Å². The topological polar surface area (TPSA) is 130 Å². The van der Waals surface area contributed by atoms with E-state index < -0.39 is 36.4 Å². The molecule has 0 amide bonds. The van der Waals surface area contributed by atoms with Gasteiger partial charge in [-0.15, -0.1) is 0 Å². The molecule has 10 heteroatoms. The molecular weight excluding hydrogens is 472 g/mol. The number of aliphatic hydroxyl groups excluding tert-OH is 2. The molecule has 0 aromatic rings. The Kier molecular flexibility index (Phi) is 20.7. The van der Waals surface area contributed by atoms with Crippen LogP contribution in [0.25, 0.3) is 0 Å². The van der Waals surface area contributed by atoms with Crippen LogP contribution in [0, 0.1) is 0 Å². The van der Waals surface area contributed by atoms with Crippen molar-refractivity contribution in [1.82, 2.24) is 0 Å². The van der Waals surface area contributed by atoms with Crippen molar-refractivity contribution in [2.24, 2.45) is 0 Å². The maximum Gasteiger partial charge on any atom is 0.338 e. The van der Waals surface area contributed by atoms with Crippen molar-refractivity contribution < 1.29 is 48.2 Å². The van der Waals surface area contributed by atoms with E-state index in [1.807, 2.05) is 13.8 Å². The van der Waals surface area contributed by atoms with Crippen molar-refractivity contribution in [3.63, 3.8) is 0 Å². The molecule has 0 rings (SSSR count). The number of hydrogen-bond donors (Lipinski definition) is 2. The van der Waals surface area contributed by atoms with Gasteiger partial charge in [-0.3, -0.25) is 0 Å². The molecule has 0 aromatic carbocycles. The van der Waals surface area contributed by atoms with Gasteiger partial charge in [0.1, 0.15) is 12.2 Å². The fourth-order valence-electron chi connectivity index (χ4n) is 2.31. The first-order valence-electron chi connectivity index (χ1n) is 11.3. The third-order valence-electron chi connectivity index (χ3n) is 4.02.